The van der Waals surface area contributed by atoms with Crippen LogP contribution in [0.2, 0.25) is 0 Å². The molecule has 176 valence electrons. The molecule has 2 aliphatic rings. The molecule has 33 heavy (non-hydrogen) atoms. The van der Waals surface area contributed by atoms with Gasteiger partial charge in [0.25, 0.3) is 6.43 Å². The van der Waals surface area contributed by atoms with Crippen LogP contribution in [0, 0.1) is 0 Å². The quantitative estimate of drug-likeness (QED) is 0.544. The minimum absolute atomic E-state index is 0.288. The molecule has 0 radical (unpaired) electrons. The van der Waals surface area contributed by atoms with Crippen LogP contribution >= 0.6 is 0 Å². The van der Waals surface area contributed by atoms with Crippen LogP contribution in [-0.2, 0) is 17.5 Å². The average Bonchev–Trinajstić information content (AvgIpc) is 3.37. The van der Waals surface area contributed by atoms with Gasteiger partial charge < -0.3 is 14.5 Å². The SMILES string of the molecule is FC(F)Cn1ncc2ncc(N3CCC4(CN(c5ccc(C(F)(F)F)nc5)CCO4)C3)nc21. The number of nitrogens with zero attached hydrogens (tertiary/aromatic N) is 7. The molecule has 5 heterocycles. The first-order valence-electron chi connectivity index (χ1n) is 10.4. The van der Waals surface area contributed by atoms with Crippen molar-refractivity contribution in [2.75, 3.05) is 42.6 Å². The van der Waals surface area contributed by atoms with E-state index in [1.165, 1.54) is 18.5 Å². The van der Waals surface area contributed by atoms with Crippen LogP contribution in [0.15, 0.2) is 30.7 Å². The van der Waals surface area contributed by atoms with Gasteiger partial charge >= 0.3 is 6.18 Å². The zero-order chi connectivity index (χ0) is 23.2. The molecule has 0 aromatic carbocycles. The van der Waals surface area contributed by atoms with E-state index in [2.05, 4.69) is 20.1 Å². The minimum atomic E-state index is -4.48. The maximum absolute atomic E-state index is 12.8. The maximum Gasteiger partial charge on any atom is 0.433 e. The molecule has 5 rings (SSSR count). The van der Waals surface area contributed by atoms with E-state index < -0.39 is 30.4 Å². The number of aromatic nitrogens is 5. The Morgan fingerprint density at radius 2 is 1.85 bits per heavy atom. The lowest BCUT2D eigenvalue weighted by atomic mass is 10.0. The Balaban J connectivity index is 1.32. The number of rotatable bonds is 4. The highest BCUT2D eigenvalue weighted by molar-refractivity contribution is 5.71. The average molecular weight is 469 g/mol. The standard InChI is InChI=1S/C20H20F5N7O/c21-16(22)10-32-18-14(8-28-32)26-9-17(29-18)31-4-3-19(12-31)11-30(5-6-33-19)13-1-2-15(27-7-13)20(23,24)25/h1-2,7-9,16H,3-6,10-12H2. The number of anilines is 2. The van der Waals surface area contributed by atoms with Gasteiger partial charge in [-0.2, -0.15) is 18.3 Å². The highest BCUT2D eigenvalue weighted by Crippen LogP contribution is 2.34. The first kappa shape index (κ1) is 21.7. The van der Waals surface area contributed by atoms with Crippen LogP contribution in [0.25, 0.3) is 11.2 Å². The summed E-state index contributed by atoms with van der Waals surface area (Å²) >= 11 is 0. The van der Waals surface area contributed by atoms with Gasteiger partial charge in [0.1, 0.15) is 29.2 Å². The van der Waals surface area contributed by atoms with Crippen LogP contribution in [0.3, 0.4) is 0 Å². The summed E-state index contributed by atoms with van der Waals surface area (Å²) < 4.78 is 71.3. The zero-order valence-corrected chi connectivity index (χ0v) is 17.3. The number of morpholine rings is 1. The van der Waals surface area contributed by atoms with Gasteiger partial charge in [-0.15, -0.1) is 0 Å². The summed E-state index contributed by atoms with van der Waals surface area (Å²) in [7, 11) is 0. The van der Waals surface area contributed by atoms with Crippen molar-refractivity contribution in [1.29, 1.82) is 0 Å². The summed E-state index contributed by atoms with van der Waals surface area (Å²) in [5.74, 6) is 0.535. The minimum Gasteiger partial charge on any atom is -0.369 e. The van der Waals surface area contributed by atoms with Crippen molar-refractivity contribution >= 4 is 22.7 Å². The molecule has 0 aliphatic carbocycles. The van der Waals surface area contributed by atoms with Gasteiger partial charge in [0, 0.05) is 19.6 Å². The summed E-state index contributed by atoms with van der Waals surface area (Å²) in [6.07, 6.45) is -2.15. The number of hydrogen-bond acceptors (Lipinski definition) is 7. The summed E-state index contributed by atoms with van der Waals surface area (Å²) in [6, 6.07) is 2.40. The first-order chi connectivity index (χ1) is 15.7. The predicted molar refractivity (Wildman–Crippen MR) is 108 cm³/mol. The van der Waals surface area contributed by atoms with E-state index in [-0.39, 0.29) is 5.65 Å². The zero-order valence-electron chi connectivity index (χ0n) is 17.3. The monoisotopic (exact) mass is 469 g/mol. The number of ether oxygens (including phenoxy) is 1. The number of pyridine rings is 1. The van der Waals surface area contributed by atoms with E-state index in [1.807, 2.05) is 9.80 Å². The number of fused-ring (bicyclic) bond motifs is 1. The molecule has 0 saturated carbocycles. The Hall–Kier alpha value is -3.09. The Morgan fingerprint density at radius 3 is 2.58 bits per heavy atom. The summed E-state index contributed by atoms with van der Waals surface area (Å²) in [5, 5.41) is 3.94. The molecule has 8 nitrogen and oxygen atoms in total. The highest BCUT2D eigenvalue weighted by atomic mass is 19.4. The second-order valence-corrected chi connectivity index (χ2v) is 8.18. The fourth-order valence-corrected chi connectivity index (χ4v) is 4.35. The van der Waals surface area contributed by atoms with Crippen molar-refractivity contribution in [3.8, 4) is 0 Å². The molecule has 0 amide bonds. The van der Waals surface area contributed by atoms with E-state index in [1.54, 1.807) is 6.20 Å². The normalized spacial score (nSPS) is 21.6. The number of hydrogen-bond donors (Lipinski definition) is 0. The van der Waals surface area contributed by atoms with Gasteiger partial charge in [-0.25, -0.2) is 28.4 Å². The first-order valence-corrected chi connectivity index (χ1v) is 10.4. The molecule has 0 N–H and O–H groups in total. The lowest BCUT2D eigenvalue weighted by Gasteiger charge is -2.41. The second kappa shape index (κ2) is 8.04. The van der Waals surface area contributed by atoms with Gasteiger partial charge in [-0.05, 0) is 18.6 Å². The van der Waals surface area contributed by atoms with Crippen LogP contribution < -0.4 is 9.80 Å². The van der Waals surface area contributed by atoms with Crippen molar-refractivity contribution < 1.29 is 26.7 Å². The predicted octanol–water partition coefficient (Wildman–Crippen LogP) is 2.99. The van der Waals surface area contributed by atoms with Gasteiger partial charge in [0.15, 0.2) is 5.65 Å². The Kier molecular flexibility index (Phi) is 5.30. The Bertz CT molecular complexity index is 1140. The van der Waals surface area contributed by atoms with Crippen molar-refractivity contribution in [2.45, 2.75) is 31.2 Å². The van der Waals surface area contributed by atoms with Gasteiger partial charge in [-0.1, -0.05) is 0 Å². The van der Waals surface area contributed by atoms with Crippen LogP contribution in [0.5, 0.6) is 0 Å². The molecular formula is C20H20F5N7O. The highest BCUT2D eigenvalue weighted by Gasteiger charge is 2.43. The number of halogens is 5. The van der Waals surface area contributed by atoms with Crippen LogP contribution in [0.4, 0.5) is 33.5 Å². The van der Waals surface area contributed by atoms with E-state index >= 15 is 0 Å². The molecule has 2 aliphatic heterocycles. The molecule has 2 saturated heterocycles. The van der Waals surface area contributed by atoms with Gasteiger partial charge in [0.2, 0.25) is 0 Å². The number of alkyl halides is 5. The third kappa shape index (κ3) is 4.28. The third-order valence-corrected chi connectivity index (χ3v) is 5.94. The lowest BCUT2D eigenvalue weighted by Crippen LogP contribution is -2.53. The van der Waals surface area contributed by atoms with E-state index in [0.717, 1.165) is 10.7 Å². The van der Waals surface area contributed by atoms with Crippen molar-refractivity contribution in [3.05, 3.63) is 36.4 Å². The molecule has 13 heteroatoms. The molecule has 2 fully saturated rings. The van der Waals surface area contributed by atoms with E-state index in [4.69, 9.17) is 4.74 Å². The van der Waals surface area contributed by atoms with Crippen LogP contribution in [-0.4, -0.2) is 69.5 Å². The lowest BCUT2D eigenvalue weighted by molar-refractivity contribution is -0.141. The largest absolute Gasteiger partial charge is 0.433 e. The molecular weight excluding hydrogens is 449 g/mol. The van der Waals surface area contributed by atoms with Gasteiger partial charge in [0.05, 0.1) is 37.4 Å². The second-order valence-electron chi connectivity index (χ2n) is 8.18. The van der Waals surface area contributed by atoms with Crippen LogP contribution in [0.1, 0.15) is 12.1 Å². The maximum atomic E-state index is 12.8. The fraction of sp³-hybridized carbons (Fsp3) is 0.500. The van der Waals surface area contributed by atoms with Gasteiger partial charge in [-0.3, -0.25) is 0 Å². The molecule has 0 bridgehead atoms. The molecule has 1 atom stereocenters. The molecule has 1 unspecified atom stereocenters. The van der Waals surface area contributed by atoms with Crippen molar-refractivity contribution in [3.63, 3.8) is 0 Å². The summed E-state index contributed by atoms with van der Waals surface area (Å²) in [6.45, 7) is 1.97. The molecule has 1 spiro atoms. The van der Waals surface area contributed by atoms with Crippen molar-refractivity contribution in [1.82, 2.24) is 24.7 Å². The summed E-state index contributed by atoms with van der Waals surface area (Å²) in [5.41, 5.74) is -0.151. The Morgan fingerprint density at radius 1 is 1.03 bits per heavy atom. The third-order valence-electron chi connectivity index (χ3n) is 5.94. The van der Waals surface area contributed by atoms with Crippen molar-refractivity contribution in [2.24, 2.45) is 0 Å². The Labute approximate surface area is 185 Å². The topological polar surface area (TPSA) is 72.2 Å². The van der Waals surface area contributed by atoms with E-state index in [0.29, 0.717) is 56.2 Å². The molecule has 3 aromatic rings. The van der Waals surface area contributed by atoms with E-state index in [9.17, 15) is 22.0 Å². The smallest absolute Gasteiger partial charge is 0.369 e. The fourth-order valence-electron chi connectivity index (χ4n) is 4.35. The summed E-state index contributed by atoms with van der Waals surface area (Å²) in [4.78, 5) is 16.3. The molecule has 3 aromatic heterocycles.